The largest absolute Gasteiger partial charge is 0.366 e. The number of anilines is 4. The number of nitrogens with one attached hydrogen (secondary N) is 4. The fourth-order valence-electron chi connectivity index (χ4n) is 3.84. The Bertz CT molecular complexity index is 1330. The Morgan fingerprint density at radius 3 is 2.82 bits per heavy atom. The number of benzene rings is 1. The monoisotopic (exact) mass is 452 g/mol. The zero-order chi connectivity index (χ0) is 23.3. The van der Waals surface area contributed by atoms with Crippen LogP contribution in [0.4, 0.5) is 23.1 Å². The van der Waals surface area contributed by atoms with Gasteiger partial charge in [-0.2, -0.15) is 0 Å². The van der Waals surface area contributed by atoms with E-state index >= 15 is 0 Å². The molecule has 1 atom stereocenters. The van der Waals surface area contributed by atoms with E-state index in [1.54, 1.807) is 30.7 Å². The molecule has 4 aromatic rings. The molecule has 3 aromatic heterocycles. The minimum absolute atomic E-state index is 0.279. The number of hydrogen-bond donors (Lipinski definition) is 4. The Morgan fingerprint density at radius 2 is 2.03 bits per heavy atom. The molecule has 34 heavy (non-hydrogen) atoms. The predicted molar refractivity (Wildman–Crippen MR) is 134 cm³/mol. The molecule has 1 aliphatic rings. The molecule has 9 nitrogen and oxygen atoms in total. The average Bonchev–Trinajstić information content (AvgIpc) is 3.38. The van der Waals surface area contributed by atoms with Gasteiger partial charge >= 0.3 is 0 Å². The Hall–Kier alpha value is -4.37. The van der Waals surface area contributed by atoms with Crippen molar-refractivity contribution in [1.29, 1.82) is 0 Å². The molecule has 170 valence electrons. The van der Waals surface area contributed by atoms with E-state index < -0.39 is 0 Å². The highest BCUT2D eigenvalue weighted by atomic mass is 16.1. The quantitative estimate of drug-likeness (QED) is 0.314. The summed E-state index contributed by atoms with van der Waals surface area (Å²) >= 11 is 0. The van der Waals surface area contributed by atoms with Gasteiger partial charge in [-0.15, -0.1) is 0 Å². The number of amides is 1. The summed E-state index contributed by atoms with van der Waals surface area (Å²) in [5, 5.41) is 13.6. The maximum atomic E-state index is 11.7. The van der Waals surface area contributed by atoms with Crippen molar-refractivity contribution in [1.82, 2.24) is 25.3 Å². The lowest BCUT2D eigenvalue weighted by molar-refractivity contribution is -0.111. The molecule has 5 rings (SSSR count). The summed E-state index contributed by atoms with van der Waals surface area (Å²) < 4.78 is 0. The summed E-state index contributed by atoms with van der Waals surface area (Å²) in [6.07, 6.45) is 7.50. The predicted octanol–water partition coefficient (Wildman–Crippen LogP) is 3.73. The number of rotatable bonds is 7. The minimum Gasteiger partial charge on any atom is -0.366 e. The van der Waals surface area contributed by atoms with Gasteiger partial charge in [0.15, 0.2) is 0 Å². The topological polar surface area (TPSA) is 117 Å². The van der Waals surface area contributed by atoms with E-state index in [1.165, 1.54) is 6.08 Å². The van der Waals surface area contributed by atoms with Crippen LogP contribution in [0.15, 0.2) is 73.7 Å². The molecule has 1 saturated heterocycles. The molecule has 0 aliphatic carbocycles. The molecule has 0 spiro atoms. The number of para-hydroxylation sites is 1. The van der Waals surface area contributed by atoms with Gasteiger partial charge < -0.3 is 21.3 Å². The highest BCUT2D eigenvalue weighted by Crippen LogP contribution is 2.28. The molecule has 4 heterocycles. The first kappa shape index (κ1) is 21.5. The molecular weight excluding hydrogens is 428 g/mol. The second-order valence-electron chi connectivity index (χ2n) is 7.95. The molecule has 9 heteroatoms. The van der Waals surface area contributed by atoms with E-state index in [0.717, 1.165) is 47.5 Å². The Kier molecular flexibility index (Phi) is 6.09. The summed E-state index contributed by atoms with van der Waals surface area (Å²) in [5.74, 6) is 1.02. The summed E-state index contributed by atoms with van der Waals surface area (Å²) in [5.41, 5.74) is 3.70. The highest BCUT2D eigenvalue weighted by molar-refractivity contribution is 5.99. The third-order valence-corrected chi connectivity index (χ3v) is 5.53. The van der Waals surface area contributed by atoms with E-state index in [9.17, 15) is 4.79 Å². The SMILES string of the molecule is C=CC(=O)Nc1ccnc(-c2cccc3cnc(Nc4ccc(N[C@@H]5CCNC5)nc4)nc23)c1. The van der Waals surface area contributed by atoms with Crippen molar-refractivity contribution in [2.45, 2.75) is 12.5 Å². The van der Waals surface area contributed by atoms with Crippen LogP contribution in [-0.4, -0.2) is 45.0 Å². The van der Waals surface area contributed by atoms with Crippen LogP contribution in [-0.2, 0) is 4.79 Å². The normalized spacial score (nSPS) is 15.1. The van der Waals surface area contributed by atoms with Crippen LogP contribution in [0.25, 0.3) is 22.2 Å². The Labute approximate surface area is 196 Å². The molecule has 4 N–H and O–H groups in total. The number of carbonyl (C=O) groups is 1. The number of pyridine rings is 2. The number of aromatic nitrogens is 4. The van der Waals surface area contributed by atoms with Crippen LogP contribution in [0.3, 0.4) is 0 Å². The summed E-state index contributed by atoms with van der Waals surface area (Å²) in [7, 11) is 0. The lowest BCUT2D eigenvalue weighted by atomic mass is 10.1. The third kappa shape index (κ3) is 4.84. The molecule has 1 fully saturated rings. The minimum atomic E-state index is -0.279. The van der Waals surface area contributed by atoms with Crippen molar-refractivity contribution in [3.05, 3.63) is 73.7 Å². The van der Waals surface area contributed by atoms with Gasteiger partial charge in [-0.25, -0.2) is 15.0 Å². The molecule has 1 amide bonds. The summed E-state index contributed by atoms with van der Waals surface area (Å²) in [6.45, 7) is 5.47. The fraction of sp³-hybridized carbons (Fsp3) is 0.160. The van der Waals surface area contributed by atoms with Gasteiger partial charge in [0.25, 0.3) is 0 Å². The second kappa shape index (κ2) is 9.63. The third-order valence-electron chi connectivity index (χ3n) is 5.53. The van der Waals surface area contributed by atoms with E-state index in [4.69, 9.17) is 4.98 Å². The van der Waals surface area contributed by atoms with Crippen LogP contribution in [0.1, 0.15) is 6.42 Å². The maximum Gasteiger partial charge on any atom is 0.247 e. The number of hydrogen-bond acceptors (Lipinski definition) is 8. The highest BCUT2D eigenvalue weighted by Gasteiger charge is 2.14. The Balaban J connectivity index is 1.39. The number of nitrogens with zero attached hydrogens (tertiary/aromatic N) is 4. The van der Waals surface area contributed by atoms with Gasteiger partial charge in [0.05, 0.1) is 23.1 Å². The van der Waals surface area contributed by atoms with Gasteiger partial charge in [-0.1, -0.05) is 24.8 Å². The molecule has 0 bridgehead atoms. The average molecular weight is 453 g/mol. The first-order valence-corrected chi connectivity index (χ1v) is 11.0. The standard InChI is InChI=1S/C25H24N8O/c1-2-23(34)31-17-9-11-27-21(12-17)20-5-3-4-16-13-29-25(33-24(16)20)32-18-6-7-22(28-15-18)30-19-8-10-26-14-19/h2-7,9,11-13,15,19,26H,1,8,10,14H2,(H,28,30)(H,27,31,34)(H,29,32,33)/t19-/m1/s1. The van der Waals surface area contributed by atoms with E-state index in [-0.39, 0.29) is 5.91 Å². The van der Waals surface area contributed by atoms with Gasteiger partial charge in [-0.3, -0.25) is 9.78 Å². The summed E-state index contributed by atoms with van der Waals surface area (Å²) in [4.78, 5) is 29.8. The molecule has 0 saturated carbocycles. The van der Waals surface area contributed by atoms with Crippen molar-refractivity contribution >= 4 is 40.0 Å². The zero-order valence-corrected chi connectivity index (χ0v) is 18.5. The van der Waals surface area contributed by atoms with Crippen molar-refractivity contribution in [3.63, 3.8) is 0 Å². The van der Waals surface area contributed by atoms with Crippen molar-refractivity contribution < 1.29 is 4.79 Å². The zero-order valence-electron chi connectivity index (χ0n) is 18.5. The fourth-order valence-corrected chi connectivity index (χ4v) is 3.84. The van der Waals surface area contributed by atoms with Gasteiger partial charge in [0, 0.05) is 41.6 Å². The lowest BCUT2D eigenvalue weighted by Crippen LogP contribution is -2.22. The Morgan fingerprint density at radius 1 is 1.09 bits per heavy atom. The van der Waals surface area contributed by atoms with Gasteiger partial charge in [0.1, 0.15) is 5.82 Å². The van der Waals surface area contributed by atoms with Crippen LogP contribution in [0.5, 0.6) is 0 Å². The van der Waals surface area contributed by atoms with Crippen molar-refractivity contribution in [3.8, 4) is 11.3 Å². The van der Waals surface area contributed by atoms with E-state index in [2.05, 4.69) is 42.8 Å². The maximum absolute atomic E-state index is 11.7. The first-order chi connectivity index (χ1) is 16.7. The van der Waals surface area contributed by atoms with Crippen LogP contribution in [0.2, 0.25) is 0 Å². The second-order valence-corrected chi connectivity index (χ2v) is 7.95. The van der Waals surface area contributed by atoms with E-state index in [1.807, 2.05) is 30.3 Å². The lowest BCUT2D eigenvalue weighted by Gasteiger charge is -2.12. The van der Waals surface area contributed by atoms with Crippen molar-refractivity contribution in [2.24, 2.45) is 0 Å². The van der Waals surface area contributed by atoms with Crippen LogP contribution in [0, 0.1) is 0 Å². The molecule has 0 unspecified atom stereocenters. The van der Waals surface area contributed by atoms with Gasteiger partial charge in [0.2, 0.25) is 11.9 Å². The molecule has 0 radical (unpaired) electrons. The smallest absolute Gasteiger partial charge is 0.247 e. The van der Waals surface area contributed by atoms with Crippen molar-refractivity contribution in [2.75, 3.05) is 29.0 Å². The molecule has 1 aliphatic heterocycles. The number of carbonyl (C=O) groups excluding carboxylic acids is 1. The van der Waals surface area contributed by atoms with E-state index in [0.29, 0.717) is 23.4 Å². The van der Waals surface area contributed by atoms with Crippen LogP contribution < -0.4 is 21.3 Å². The van der Waals surface area contributed by atoms with Crippen LogP contribution >= 0.6 is 0 Å². The summed E-state index contributed by atoms with van der Waals surface area (Å²) in [6, 6.07) is 13.7. The molecule has 1 aromatic carbocycles. The first-order valence-electron chi connectivity index (χ1n) is 11.0. The number of fused-ring (bicyclic) bond motifs is 1. The molecular formula is C25H24N8O. The van der Waals surface area contributed by atoms with Gasteiger partial charge in [-0.05, 0) is 43.3 Å².